The number of nitrogens with zero attached hydrogens (tertiary/aromatic N) is 2. The second-order valence-corrected chi connectivity index (χ2v) is 5.42. The lowest BCUT2D eigenvalue weighted by Gasteiger charge is -2.05. The fourth-order valence-electron chi connectivity index (χ4n) is 1.31. The van der Waals surface area contributed by atoms with Crippen molar-refractivity contribution in [3.05, 3.63) is 35.9 Å². The summed E-state index contributed by atoms with van der Waals surface area (Å²) in [5.41, 5.74) is 0.950. The van der Waals surface area contributed by atoms with Gasteiger partial charge in [0.25, 0.3) is 0 Å². The molecule has 1 N–H and O–H groups in total. The molecule has 6 heteroatoms. The summed E-state index contributed by atoms with van der Waals surface area (Å²) in [6.45, 7) is 3.59. The molecule has 3 nitrogen and oxygen atoms in total. The molecule has 0 aliphatic rings. The fourth-order valence-corrected chi connectivity index (χ4v) is 2.72. The molecule has 0 aliphatic carbocycles. The summed E-state index contributed by atoms with van der Waals surface area (Å²) in [7, 11) is 0. The summed E-state index contributed by atoms with van der Waals surface area (Å²) in [5, 5.41) is 3.16. The number of hydrogen-bond donors (Lipinski definition) is 1. The molecule has 0 amide bonds. The van der Waals surface area contributed by atoms with E-state index in [-0.39, 0.29) is 5.82 Å². The van der Waals surface area contributed by atoms with E-state index in [2.05, 4.69) is 14.7 Å². The normalized spacial score (nSPS) is 10.7. The smallest absolute Gasteiger partial charge is 0.174 e. The van der Waals surface area contributed by atoms with Crippen LogP contribution in [0.15, 0.2) is 33.8 Å². The third kappa shape index (κ3) is 3.49. The summed E-state index contributed by atoms with van der Waals surface area (Å²) < 4.78 is 18.4. The highest BCUT2D eigenvalue weighted by Crippen LogP contribution is 2.30. The summed E-state index contributed by atoms with van der Waals surface area (Å²) in [5.74, 6) is -0.208. The molecule has 0 aliphatic heterocycles. The molecule has 0 bridgehead atoms. The summed E-state index contributed by atoms with van der Waals surface area (Å²) >= 11 is 2.57. The molecule has 0 saturated heterocycles. The van der Waals surface area contributed by atoms with Gasteiger partial charge in [0.2, 0.25) is 0 Å². The standard InChI is InChI=1S/C11H12FN3S2/c1-2-13-6-8-3-4-10(9(12)5-8)16-11-14-7-15-17-11/h3-5,7,13H,2,6H2,1H3. The van der Waals surface area contributed by atoms with Crippen LogP contribution in [0.5, 0.6) is 0 Å². The zero-order valence-electron chi connectivity index (χ0n) is 9.31. The first-order valence-electron chi connectivity index (χ1n) is 5.23. The van der Waals surface area contributed by atoms with Crippen molar-refractivity contribution in [2.45, 2.75) is 22.7 Å². The van der Waals surface area contributed by atoms with E-state index >= 15 is 0 Å². The van der Waals surface area contributed by atoms with Crippen molar-refractivity contribution in [3.8, 4) is 0 Å². The second kappa shape index (κ2) is 6.09. The molecule has 0 fully saturated rings. The number of hydrogen-bond acceptors (Lipinski definition) is 5. The lowest BCUT2D eigenvalue weighted by molar-refractivity contribution is 0.596. The van der Waals surface area contributed by atoms with Crippen LogP contribution in [0.25, 0.3) is 0 Å². The monoisotopic (exact) mass is 269 g/mol. The third-order valence-electron chi connectivity index (χ3n) is 2.11. The van der Waals surface area contributed by atoms with Crippen LogP contribution in [0.2, 0.25) is 0 Å². The fraction of sp³-hybridized carbons (Fsp3) is 0.273. The van der Waals surface area contributed by atoms with Crippen LogP contribution in [-0.2, 0) is 6.54 Å². The van der Waals surface area contributed by atoms with Gasteiger partial charge in [-0.2, -0.15) is 4.37 Å². The van der Waals surface area contributed by atoms with Gasteiger partial charge < -0.3 is 5.32 Å². The number of aromatic nitrogens is 2. The Labute approximate surface area is 108 Å². The first kappa shape index (κ1) is 12.5. The Kier molecular flexibility index (Phi) is 4.47. The van der Waals surface area contributed by atoms with E-state index in [9.17, 15) is 4.39 Å². The molecular formula is C11H12FN3S2. The van der Waals surface area contributed by atoms with Gasteiger partial charge in [-0.3, -0.25) is 0 Å². The maximum Gasteiger partial charge on any atom is 0.174 e. The van der Waals surface area contributed by atoms with E-state index in [1.165, 1.54) is 29.6 Å². The van der Waals surface area contributed by atoms with E-state index in [4.69, 9.17) is 0 Å². The Morgan fingerprint density at radius 1 is 1.47 bits per heavy atom. The van der Waals surface area contributed by atoms with Crippen LogP contribution < -0.4 is 5.32 Å². The van der Waals surface area contributed by atoms with Gasteiger partial charge in [0, 0.05) is 6.54 Å². The van der Waals surface area contributed by atoms with E-state index < -0.39 is 0 Å². The molecule has 1 aromatic heterocycles. The molecular weight excluding hydrogens is 257 g/mol. The molecule has 0 atom stereocenters. The lowest BCUT2D eigenvalue weighted by Crippen LogP contribution is -2.11. The average molecular weight is 269 g/mol. The van der Waals surface area contributed by atoms with E-state index in [1.54, 1.807) is 12.1 Å². The van der Waals surface area contributed by atoms with Crippen molar-refractivity contribution in [1.29, 1.82) is 0 Å². The predicted molar refractivity (Wildman–Crippen MR) is 67.8 cm³/mol. The van der Waals surface area contributed by atoms with E-state index in [0.29, 0.717) is 11.4 Å². The van der Waals surface area contributed by atoms with Crippen molar-refractivity contribution in [3.63, 3.8) is 0 Å². The first-order valence-corrected chi connectivity index (χ1v) is 6.82. The Morgan fingerprint density at radius 3 is 3.00 bits per heavy atom. The molecule has 2 aromatic rings. The predicted octanol–water partition coefficient (Wildman–Crippen LogP) is 2.94. The molecule has 90 valence electrons. The molecule has 17 heavy (non-hydrogen) atoms. The van der Waals surface area contributed by atoms with Crippen molar-refractivity contribution in [2.24, 2.45) is 0 Å². The quantitative estimate of drug-likeness (QED) is 0.905. The highest BCUT2D eigenvalue weighted by molar-refractivity contribution is 8.01. The molecule has 0 unspecified atom stereocenters. The van der Waals surface area contributed by atoms with Crippen molar-refractivity contribution >= 4 is 23.3 Å². The number of benzene rings is 1. The van der Waals surface area contributed by atoms with Crippen LogP contribution in [0.1, 0.15) is 12.5 Å². The van der Waals surface area contributed by atoms with E-state index in [1.807, 2.05) is 13.0 Å². The lowest BCUT2D eigenvalue weighted by atomic mass is 10.2. The largest absolute Gasteiger partial charge is 0.313 e. The molecule has 0 spiro atoms. The van der Waals surface area contributed by atoms with Gasteiger partial charge in [-0.15, -0.1) is 0 Å². The van der Waals surface area contributed by atoms with Crippen LogP contribution in [-0.4, -0.2) is 15.9 Å². The van der Waals surface area contributed by atoms with Crippen LogP contribution in [0.4, 0.5) is 4.39 Å². The topological polar surface area (TPSA) is 37.8 Å². The summed E-state index contributed by atoms with van der Waals surface area (Å²) in [4.78, 5) is 4.60. The van der Waals surface area contributed by atoms with Crippen molar-refractivity contribution in [1.82, 2.24) is 14.7 Å². The Bertz CT molecular complexity index is 474. The van der Waals surface area contributed by atoms with Crippen LogP contribution >= 0.6 is 23.3 Å². The molecule has 1 heterocycles. The summed E-state index contributed by atoms with van der Waals surface area (Å²) in [6, 6.07) is 5.27. The average Bonchev–Trinajstić information content (AvgIpc) is 2.82. The van der Waals surface area contributed by atoms with Gasteiger partial charge in [-0.25, -0.2) is 9.37 Å². The maximum atomic E-state index is 13.8. The first-order chi connectivity index (χ1) is 8.29. The van der Waals surface area contributed by atoms with Gasteiger partial charge in [0.15, 0.2) is 4.34 Å². The highest BCUT2D eigenvalue weighted by atomic mass is 32.2. The van der Waals surface area contributed by atoms with Gasteiger partial charge >= 0.3 is 0 Å². The van der Waals surface area contributed by atoms with Crippen molar-refractivity contribution < 1.29 is 4.39 Å². The molecule has 1 aromatic carbocycles. The molecule has 0 saturated carbocycles. The van der Waals surface area contributed by atoms with Gasteiger partial charge in [-0.1, -0.05) is 24.8 Å². The number of halogens is 1. The number of rotatable bonds is 5. The second-order valence-electron chi connectivity index (χ2n) is 3.35. The van der Waals surface area contributed by atoms with Crippen LogP contribution in [0, 0.1) is 5.82 Å². The van der Waals surface area contributed by atoms with Crippen molar-refractivity contribution in [2.75, 3.05) is 6.54 Å². The van der Waals surface area contributed by atoms with Gasteiger partial charge in [-0.05, 0) is 35.8 Å². The third-order valence-corrected chi connectivity index (χ3v) is 3.88. The van der Waals surface area contributed by atoms with Crippen LogP contribution in [0.3, 0.4) is 0 Å². The molecule has 0 radical (unpaired) electrons. The minimum atomic E-state index is -0.208. The highest BCUT2D eigenvalue weighted by Gasteiger charge is 2.07. The number of nitrogens with one attached hydrogen (secondary N) is 1. The minimum Gasteiger partial charge on any atom is -0.313 e. The molecule has 2 rings (SSSR count). The Morgan fingerprint density at radius 2 is 2.35 bits per heavy atom. The Balaban J connectivity index is 2.09. The zero-order chi connectivity index (χ0) is 12.1. The SMILES string of the molecule is CCNCc1ccc(Sc2ncns2)c(F)c1. The Hall–Kier alpha value is -0.980. The van der Waals surface area contributed by atoms with Gasteiger partial charge in [0.1, 0.15) is 12.1 Å². The van der Waals surface area contributed by atoms with Gasteiger partial charge in [0.05, 0.1) is 4.90 Å². The summed E-state index contributed by atoms with van der Waals surface area (Å²) in [6.07, 6.45) is 1.48. The zero-order valence-corrected chi connectivity index (χ0v) is 10.9. The minimum absolute atomic E-state index is 0.208. The maximum absolute atomic E-state index is 13.8. The van der Waals surface area contributed by atoms with E-state index in [0.717, 1.165) is 16.4 Å².